The van der Waals surface area contributed by atoms with Crippen molar-refractivity contribution in [3.63, 3.8) is 0 Å². The maximum absolute atomic E-state index is 6.05. The molecule has 0 atom stereocenters. The highest BCUT2D eigenvalue weighted by molar-refractivity contribution is 14.1. The van der Waals surface area contributed by atoms with Gasteiger partial charge in [-0.25, -0.2) is 0 Å². The van der Waals surface area contributed by atoms with Gasteiger partial charge in [0.1, 0.15) is 0 Å². The number of hydrogen-bond donors (Lipinski definition) is 2. The predicted molar refractivity (Wildman–Crippen MR) is 82.8 cm³/mol. The minimum absolute atomic E-state index is 0.811. The second kappa shape index (κ2) is 4.96. The van der Waals surface area contributed by atoms with Crippen LogP contribution in [0.5, 0.6) is 0 Å². The fourth-order valence-corrected chi connectivity index (χ4v) is 2.15. The molecule has 0 saturated carbocycles. The molecule has 2 nitrogen and oxygen atoms in total. The van der Waals surface area contributed by atoms with Crippen molar-refractivity contribution in [3.8, 4) is 0 Å². The Labute approximate surface area is 115 Å². The zero-order valence-electron chi connectivity index (χ0n) is 9.92. The van der Waals surface area contributed by atoms with E-state index in [1.54, 1.807) is 0 Å². The highest BCUT2D eigenvalue weighted by atomic mass is 127. The van der Waals surface area contributed by atoms with Gasteiger partial charge in [-0.15, -0.1) is 0 Å². The molecule has 0 amide bonds. The molecular weight excluding hydrogens is 323 g/mol. The molecule has 0 unspecified atom stereocenters. The molecule has 0 aliphatic heterocycles. The molecule has 0 aromatic heterocycles. The molecule has 0 fully saturated rings. The molecule has 88 valence electrons. The molecule has 0 saturated heterocycles. The van der Waals surface area contributed by atoms with E-state index in [1.165, 1.54) is 9.13 Å². The van der Waals surface area contributed by atoms with E-state index in [4.69, 9.17) is 5.73 Å². The summed E-state index contributed by atoms with van der Waals surface area (Å²) in [5.41, 5.74) is 11.2. The van der Waals surface area contributed by atoms with Crippen LogP contribution < -0.4 is 11.1 Å². The summed E-state index contributed by atoms with van der Waals surface area (Å²) in [6, 6.07) is 12.4. The van der Waals surface area contributed by atoms with Crippen LogP contribution in [0.1, 0.15) is 11.1 Å². The molecule has 0 spiro atoms. The molecule has 2 rings (SSSR count). The summed E-state index contributed by atoms with van der Waals surface area (Å²) in [5.74, 6) is 0. The van der Waals surface area contributed by atoms with Gasteiger partial charge in [-0.05, 0) is 65.8 Å². The van der Waals surface area contributed by atoms with Gasteiger partial charge in [-0.2, -0.15) is 0 Å². The summed E-state index contributed by atoms with van der Waals surface area (Å²) in [7, 11) is 0. The van der Waals surface area contributed by atoms with Crippen LogP contribution in [0.3, 0.4) is 0 Å². The summed E-state index contributed by atoms with van der Waals surface area (Å²) < 4.78 is 1.21. The Bertz CT molecular complexity index is 550. The van der Waals surface area contributed by atoms with E-state index in [9.17, 15) is 0 Å². The quantitative estimate of drug-likeness (QED) is 0.635. The number of para-hydroxylation sites is 1. The van der Waals surface area contributed by atoms with Gasteiger partial charge in [-0.1, -0.05) is 18.2 Å². The van der Waals surface area contributed by atoms with E-state index in [-0.39, 0.29) is 0 Å². The molecule has 0 aliphatic rings. The molecular formula is C14H15IN2. The number of nitrogens with one attached hydrogen (secondary N) is 1. The minimum atomic E-state index is 0.811. The summed E-state index contributed by atoms with van der Waals surface area (Å²) in [6.45, 7) is 4.10. The zero-order valence-corrected chi connectivity index (χ0v) is 12.1. The maximum atomic E-state index is 6.05. The third kappa shape index (κ3) is 2.72. The molecule has 17 heavy (non-hydrogen) atoms. The summed E-state index contributed by atoms with van der Waals surface area (Å²) in [6.07, 6.45) is 0. The second-order valence-electron chi connectivity index (χ2n) is 4.12. The first-order valence-electron chi connectivity index (χ1n) is 5.46. The van der Waals surface area contributed by atoms with E-state index in [0.717, 1.165) is 22.6 Å². The summed E-state index contributed by atoms with van der Waals surface area (Å²) >= 11 is 2.31. The van der Waals surface area contributed by atoms with E-state index < -0.39 is 0 Å². The fourth-order valence-electron chi connectivity index (χ4n) is 1.66. The number of nitrogens with two attached hydrogens (primary N) is 1. The third-order valence-electron chi connectivity index (χ3n) is 2.79. The maximum Gasteiger partial charge on any atom is 0.0620 e. The molecule has 0 aliphatic carbocycles. The van der Waals surface area contributed by atoms with Crippen molar-refractivity contribution in [2.75, 3.05) is 11.1 Å². The predicted octanol–water partition coefficient (Wildman–Crippen LogP) is 4.23. The standard InChI is InChI=1S/C14H15IN2/c1-9-6-7-11(15)8-13(9)17-12-5-3-4-10(2)14(12)16/h3-8,17H,16H2,1-2H3. The van der Waals surface area contributed by atoms with Gasteiger partial charge in [0.05, 0.1) is 11.4 Å². The largest absolute Gasteiger partial charge is 0.397 e. The Hall–Kier alpha value is -1.23. The first-order chi connectivity index (χ1) is 8.08. The van der Waals surface area contributed by atoms with Gasteiger partial charge in [0.15, 0.2) is 0 Å². The summed E-state index contributed by atoms with van der Waals surface area (Å²) in [4.78, 5) is 0. The molecule has 0 heterocycles. The molecule has 0 radical (unpaired) electrons. The normalized spacial score (nSPS) is 10.3. The Morgan fingerprint density at radius 2 is 1.76 bits per heavy atom. The second-order valence-corrected chi connectivity index (χ2v) is 5.37. The fraction of sp³-hybridized carbons (Fsp3) is 0.143. The van der Waals surface area contributed by atoms with Crippen molar-refractivity contribution in [1.29, 1.82) is 0 Å². The third-order valence-corrected chi connectivity index (χ3v) is 3.46. The number of nitrogen functional groups attached to an aromatic ring is 1. The van der Waals surface area contributed by atoms with Crippen molar-refractivity contribution < 1.29 is 0 Å². The molecule has 3 heteroatoms. The van der Waals surface area contributed by atoms with Crippen molar-refractivity contribution >= 4 is 39.7 Å². The lowest BCUT2D eigenvalue weighted by molar-refractivity contribution is 1.40. The SMILES string of the molecule is Cc1ccc(I)cc1Nc1cccc(C)c1N. The lowest BCUT2D eigenvalue weighted by atomic mass is 10.1. The van der Waals surface area contributed by atoms with E-state index >= 15 is 0 Å². The number of hydrogen-bond acceptors (Lipinski definition) is 2. The number of benzene rings is 2. The molecule has 2 aromatic carbocycles. The highest BCUT2D eigenvalue weighted by Crippen LogP contribution is 2.28. The summed E-state index contributed by atoms with van der Waals surface area (Å²) in [5, 5.41) is 3.39. The van der Waals surface area contributed by atoms with Crippen LogP contribution in [0.4, 0.5) is 17.1 Å². The van der Waals surface area contributed by atoms with Gasteiger partial charge in [0.25, 0.3) is 0 Å². The van der Waals surface area contributed by atoms with Crippen LogP contribution in [0.2, 0.25) is 0 Å². The first kappa shape index (κ1) is 12.2. The van der Waals surface area contributed by atoms with Crippen molar-refractivity contribution in [1.82, 2.24) is 0 Å². The van der Waals surface area contributed by atoms with Gasteiger partial charge >= 0.3 is 0 Å². The average Bonchev–Trinajstić information content (AvgIpc) is 2.30. The van der Waals surface area contributed by atoms with Gasteiger partial charge < -0.3 is 11.1 Å². The zero-order chi connectivity index (χ0) is 12.4. The topological polar surface area (TPSA) is 38.0 Å². The Morgan fingerprint density at radius 3 is 2.53 bits per heavy atom. The van der Waals surface area contributed by atoms with Crippen molar-refractivity contribution in [3.05, 3.63) is 51.1 Å². The number of halogens is 1. The molecule has 3 N–H and O–H groups in total. The van der Waals surface area contributed by atoms with Crippen LogP contribution >= 0.6 is 22.6 Å². The lowest BCUT2D eigenvalue weighted by Crippen LogP contribution is -1.99. The molecule has 2 aromatic rings. The monoisotopic (exact) mass is 338 g/mol. The van der Waals surface area contributed by atoms with Crippen LogP contribution in [0.15, 0.2) is 36.4 Å². The van der Waals surface area contributed by atoms with Gasteiger partial charge in [0.2, 0.25) is 0 Å². The number of rotatable bonds is 2. The average molecular weight is 338 g/mol. The Kier molecular flexibility index (Phi) is 3.57. The van der Waals surface area contributed by atoms with E-state index in [2.05, 4.69) is 53.0 Å². The lowest BCUT2D eigenvalue weighted by Gasteiger charge is -2.13. The smallest absolute Gasteiger partial charge is 0.0620 e. The van der Waals surface area contributed by atoms with Crippen LogP contribution in [0, 0.1) is 17.4 Å². The van der Waals surface area contributed by atoms with Crippen LogP contribution in [-0.2, 0) is 0 Å². The van der Waals surface area contributed by atoms with Crippen LogP contribution in [-0.4, -0.2) is 0 Å². The van der Waals surface area contributed by atoms with Gasteiger partial charge in [0, 0.05) is 9.26 Å². The van der Waals surface area contributed by atoms with E-state index in [1.807, 2.05) is 25.1 Å². The van der Waals surface area contributed by atoms with E-state index in [0.29, 0.717) is 0 Å². The first-order valence-corrected chi connectivity index (χ1v) is 6.54. The molecule has 0 bridgehead atoms. The number of aryl methyl sites for hydroxylation is 2. The Balaban J connectivity index is 2.38. The van der Waals surface area contributed by atoms with Gasteiger partial charge in [-0.3, -0.25) is 0 Å². The van der Waals surface area contributed by atoms with Crippen LogP contribution in [0.25, 0.3) is 0 Å². The van der Waals surface area contributed by atoms with Crippen molar-refractivity contribution in [2.45, 2.75) is 13.8 Å². The highest BCUT2D eigenvalue weighted by Gasteiger charge is 2.04. The number of anilines is 3. The minimum Gasteiger partial charge on any atom is -0.397 e. The van der Waals surface area contributed by atoms with Crippen molar-refractivity contribution in [2.24, 2.45) is 0 Å². The Morgan fingerprint density at radius 1 is 1.00 bits per heavy atom.